The van der Waals surface area contributed by atoms with Gasteiger partial charge >= 0.3 is 5.97 Å². The summed E-state index contributed by atoms with van der Waals surface area (Å²) in [6, 6.07) is 13.1. The molecule has 2 aromatic rings. The highest BCUT2D eigenvalue weighted by Crippen LogP contribution is 2.20. The number of sulfonamides is 1. The van der Waals surface area contributed by atoms with Crippen LogP contribution in [0.4, 0.5) is 0 Å². The topological polar surface area (TPSA) is 81.7 Å². The summed E-state index contributed by atoms with van der Waals surface area (Å²) < 4.78 is 37.3. The molecule has 2 aromatic carbocycles. The Balaban J connectivity index is 2.34. The van der Waals surface area contributed by atoms with Gasteiger partial charge < -0.3 is 9.47 Å². The normalized spacial score (nSPS) is 11.7. The van der Waals surface area contributed by atoms with Gasteiger partial charge in [0.15, 0.2) is 0 Å². The minimum atomic E-state index is -3.80. The van der Waals surface area contributed by atoms with E-state index in [1.807, 2.05) is 6.92 Å². The van der Waals surface area contributed by atoms with E-state index < -0.39 is 16.0 Å². The molecule has 7 heteroatoms. The second-order valence-electron chi connectivity index (χ2n) is 5.44. The number of esters is 1. The van der Waals surface area contributed by atoms with Gasteiger partial charge in [-0.15, -0.1) is 0 Å². The highest BCUT2D eigenvalue weighted by molar-refractivity contribution is 7.89. The number of nitrogens with one attached hydrogen (secondary N) is 1. The summed E-state index contributed by atoms with van der Waals surface area (Å²) in [5.74, 6) is 0.00136. The lowest BCUT2D eigenvalue weighted by Gasteiger charge is -2.10. The summed E-state index contributed by atoms with van der Waals surface area (Å²) in [6.45, 7) is 3.73. The van der Waals surface area contributed by atoms with Crippen molar-refractivity contribution < 1.29 is 22.7 Å². The van der Waals surface area contributed by atoms with Crippen LogP contribution in [-0.2, 0) is 19.6 Å². The average molecular weight is 375 g/mol. The standard InChI is InChI=1S/C19H21NO5S/c1-4-25-19(21)18(15-7-9-16(24-3)10-8-15)13-20-26(22,23)17-11-5-14(2)6-12-17/h5-13,20H,4H2,1-3H3/b18-13+. The van der Waals surface area contributed by atoms with Gasteiger partial charge in [-0.2, -0.15) is 0 Å². The van der Waals surface area contributed by atoms with Crippen LogP contribution >= 0.6 is 0 Å². The number of aryl methyl sites for hydroxylation is 1. The smallest absolute Gasteiger partial charge is 0.340 e. The van der Waals surface area contributed by atoms with E-state index in [0.717, 1.165) is 11.8 Å². The van der Waals surface area contributed by atoms with Crippen molar-refractivity contribution in [2.45, 2.75) is 18.7 Å². The summed E-state index contributed by atoms with van der Waals surface area (Å²) in [6.07, 6.45) is 1.15. The zero-order chi connectivity index (χ0) is 19.2. The van der Waals surface area contributed by atoms with Crippen LogP contribution in [-0.4, -0.2) is 28.1 Å². The quantitative estimate of drug-likeness (QED) is 0.594. The van der Waals surface area contributed by atoms with E-state index in [1.165, 1.54) is 19.2 Å². The first-order chi connectivity index (χ1) is 12.4. The van der Waals surface area contributed by atoms with Crippen molar-refractivity contribution in [3.05, 3.63) is 65.9 Å². The third-order valence-corrected chi connectivity index (χ3v) is 4.91. The molecule has 0 unspecified atom stereocenters. The molecule has 2 rings (SSSR count). The molecular formula is C19H21NO5S. The van der Waals surface area contributed by atoms with Crippen LogP contribution in [0.1, 0.15) is 18.1 Å². The number of hydrogen-bond donors (Lipinski definition) is 1. The van der Waals surface area contributed by atoms with Gasteiger partial charge in [-0.05, 0) is 43.7 Å². The van der Waals surface area contributed by atoms with Gasteiger partial charge in [0.05, 0.1) is 24.2 Å². The highest BCUT2D eigenvalue weighted by Gasteiger charge is 2.17. The second kappa shape index (κ2) is 8.53. The van der Waals surface area contributed by atoms with Crippen LogP contribution < -0.4 is 9.46 Å². The van der Waals surface area contributed by atoms with Gasteiger partial charge in [0.1, 0.15) is 5.75 Å². The molecule has 0 heterocycles. The molecule has 6 nitrogen and oxygen atoms in total. The van der Waals surface area contributed by atoms with Crippen molar-refractivity contribution in [2.24, 2.45) is 0 Å². The molecule has 0 saturated carbocycles. The second-order valence-corrected chi connectivity index (χ2v) is 7.16. The number of methoxy groups -OCH3 is 1. The van der Waals surface area contributed by atoms with Crippen molar-refractivity contribution in [2.75, 3.05) is 13.7 Å². The summed E-state index contributed by atoms with van der Waals surface area (Å²) >= 11 is 0. The Morgan fingerprint density at radius 1 is 1.08 bits per heavy atom. The fraction of sp³-hybridized carbons (Fsp3) is 0.211. The largest absolute Gasteiger partial charge is 0.497 e. The number of rotatable bonds is 7. The summed E-state index contributed by atoms with van der Waals surface area (Å²) in [5, 5.41) is 0. The number of benzene rings is 2. The molecule has 26 heavy (non-hydrogen) atoms. The van der Waals surface area contributed by atoms with Crippen LogP contribution in [0, 0.1) is 6.92 Å². The first-order valence-corrected chi connectivity index (χ1v) is 9.46. The Labute approximate surface area is 153 Å². The molecule has 0 fully saturated rings. The molecular weight excluding hydrogens is 354 g/mol. The van der Waals surface area contributed by atoms with Gasteiger partial charge in [-0.1, -0.05) is 29.8 Å². The van der Waals surface area contributed by atoms with Crippen molar-refractivity contribution in [3.8, 4) is 5.75 Å². The van der Waals surface area contributed by atoms with Crippen LogP contribution in [0.25, 0.3) is 5.57 Å². The fourth-order valence-corrected chi connectivity index (χ4v) is 3.06. The molecule has 0 atom stereocenters. The predicted octanol–water partition coefficient (Wildman–Crippen LogP) is 2.89. The molecule has 0 saturated heterocycles. The van der Waals surface area contributed by atoms with E-state index in [1.54, 1.807) is 43.3 Å². The molecule has 0 spiro atoms. The summed E-state index contributed by atoms with van der Waals surface area (Å²) in [5.41, 5.74) is 1.56. The van der Waals surface area contributed by atoms with E-state index in [2.05, 4.69) is 4.72 Å². The molecule has 0 aliphatic carbocycles. The molecule has 0 aromatic heterocycles. The van der Waals surface area contributed by atoms with E-state index in [4.69, 9.17) is 9.47 Å². The first kappa shape index (κ1) is 19.5. The Bertz CT molecular complexity index is 885. The molecule has 1 N–H and O–H groups in total. The Morgan fingerprint density at radius 2 is 1.69 bits per heavy atom. The van der Waals surface area contributed by atoms with Gasteiger partial charge in [0.2, 0.25) is 0 Å². The maximum atomic E-state index is 12.4. The molecule has 0 bridgehead atoms. The zero-order valence-corrected chi connectivity index (χ0v) is 15.7. The molecule has 0 aliphatic heterocycles. The van der Waals surface area contributed by atoms with Crippen LogP contribution in [0.2, 0.25) is 0 Å². The van der Waals surface area contributed by atoms with E-state index in [-0.39, 0.29) is 17.1 Å². The van der Waals surface area contributed by atoms with Gasteiger partial charge in [-0.3, -0.25) is 4.72 Å². The molecule has 138 valence electrons. The van der Waals surface area contributed by atoms with Crippen molar-refractivity contribution in [1.29, 1.82) is 0 Å². The lowest BCUT2D eigenvalue weighted by atomic mass is 10.1. The summed E-state index contributed by atoms with van der Waals surface area (Å²) in [7, 11) is -2.27. The Kier molecular flexibility index (Phi) is 6.41. The minimum Gasteiger partial charge on any atom is -0.497 e. The minimum absolute atomic E-state index is 0.102. The third kappa shape index (κ3) is 4.86. The van der Waals surface area contributed by atoms with Gasteiger partial charge in [0.25, 0.3) is 10.0 Å². The van der Waals surface area contributed by atoms with Crippen molar-refractivity contribution in [1.82, 2.24) is 4.72 Å². The lowest BCUT2D eigenvalue weighted by molar-refractivity contribution is -0.136. The third-order valence-electron chi connectivity index (χ3n) is 3.59. The lowest BCUT2D eigenvalue weighted by Crippen LogP contribution is -2.20. The fourth-order valence-electron chi connectivity index (χ4n) is 2.16. The number of carbonyl (C=O) groups is 1. The van der Waals surface area contributed by atoms with E-state index >= 15 is 0 Å². The SMILES string of the molecule is CCOC(=O)/C(=C/NS(=O)(=O)c1ccc(C)cc1)c1ccc(OC)cc1. The maximum Gasteiger partial charge on any atom is 0.340 e. The number of ether oxygens (including phenoxy) is 2. The van der Waals surface area contributed by atoms with Crippen LogP contribution in [0.15, 0.2) is 59.6 Å². The Hall–Kier alpha value is -2.80. The maximum absolute atomic E-state index is 12.4. The average Bonchev–Trinajstić information content (AvgIpc) is 2.63. The van der Waals surface area contributed by atoms with E-state index in [9.17, 15) is 13.2 Å². The molecule has 0 amide bonds. The van der Waals surface area contributed by atoms with Crippen LogP contribution in [0.3, 0.4) is 0 Å². The van der Waals surface area contributed by atoms with E-state index in [0.29, 0.717) is 11.3 Å². The van der Waals surface area contributed by atoms with Crippen LogP contribution in [0.5, 0.6) is 5.75 Å². The Morgan fingerprint density at radius 3 is 2.23 bits per heavy atom. The monoisotopic (exact) mass is 375 g/mol. The number of hydrogen-bond acceptors (Lipinski definition) is 5. The van der Waals surface area contributed by atoms with Crippen molar-refractivity contribution >= 4 is 21.6 Å². The first-order valence-electron chi connectivity index (χ1n) is 7.98. The van der Waals surface area contributed by atoms with Gasteiger partial charge in [-0.25, -0.2) is 13.2 Å². The predicted molar refractivity (Wildman–Crippen MR) is 99.1 cm³/mol. The van der Waals surface area contributed by atoms with Gasteiger partial charge in [0, 0.05) is 6.20 Å². The number of carbonyl (C=O) groups excluding carboxylic acids is 1. The highest BCUT2D eigenvalue weighted by atomic mass is 32.2. The molecule has 0 aliphatic rings. The zero-order valence-electron chi connectivity index (χ0n) is 14.9. The molecule has 0 radical (unpaired) electrons. The summed E-state index contributed by atoms with van der Waals surface area (Å²) in [4.78, 5) is 12.3. The van der Waals surface area contributed by atoms with Crippen molar-refractivity contribution in [3.63, 3.8) is 0 Å².